The van der Waals surface area contributed by atoms with Gasteiger partial charge >= 0.3 is 0 Å². The van der Waals surface area contributed by atoms with Gasteiger partial charge in [-0.1, -0.05) is 29.8 Å². The first-order chi connectivity index (χ1) is 13.5. The lowest BCUT2D eigenvalue weighted by Gasteiger charge is -2.18. The maximum absolute atomic E-state index is 12.6. The zero-order valence-corrected chi connectivity index (χ0v) is 16.4. The summed E-state index contributed by atoms with van der Waals surface area (Å²) in [5, 5.41) is 6.55. The first-order valence-electron chi connectivity index (χ1n) is 8.88. The number of thiazole rings is 1. The molecule has 0 saturated heterocycles. The summed E-state index contributed by atoms with van der Waals surface area (Å²) in [4.78, 5) is 29.6. The summed E-state index contributed by atoms with van der Waals surface area (Å²) < 4.78 is 5.34. The van der Waals surface area contributed by atoms with Gasteiger partial charge in [0, 0.05) is 16.1 Å². The van der Waals surface area contributed by atoms with Crippen molar-refractivity contribution < 1.29 is 14.3 Å². The SMILES string of the molecule is Cc1ccc(-c2nc(C)sc2CC(=O)Nc2ccc3c(c2)NC(=O)CO3)cc1. The summed E-state index contributed by atoms with van der Waals surface area (Å²) in [6.45, 7) is 3.98. The van der Waals surface area contributed by atoms with Gasteiger partial charge in [-0.15, -0.1) is 11.3 Å². The van der Waals surface area contributed by atoms with Crippen LogP contribution in [-0.2, 0) is 16.0 Å². The Morgan fingerprint density at radius 2 is 2.00 bits per heavy atom. The number of carbonyl (C=O) groups is 2. The Labute approximate surface area is 166 Å². The zero-order chi connectivity index (χ0) is 19.7. The minimum Gasteiger partial charge on any atom is -0.482 e. The number of anilines is 2. The molecule has 2 N–H and O–H groups in total. The predicted molar refractivity (Wildman–Crippen MR) is 110 cm³/mol. The molecule has 1 aromatic heterocycles. The molecule has 7 heteroatoms. The minimum absolute atomic E-state index is 0.00518. The number of aryl methyl sites for hydroxylation is 2. The molecular weight excluding hydrogens is 374 g/mol. The first-order valence-corrected chi connectivity index (χ1v) is 9.69. The van der Waals surface area contributed by atoms with Crippen LogP contribution >= 0.6 is 11.3 Å². The van der Waals surface area contributed by atoms with E-state index < -0.39 is 0 Å². The molecule has 4 rings (SSSR count). The van der Waals surface area contributed by atoms with Crippen molar-refractivity contribution in [2.24, 2.45) is 0 Å². The first kappa shape index (κ1) is 18.2. The Kier molecular flexibility index (Phi) is 4.83. The Hall–Kier alpha value is -3.19. The Morgan fingerprint density at radius 1 is 1.21 bits per heavy atom. The number of nitrogens with zero attached hydrogens (tertiary/aromatic N) is 1. The summed E-state index contributed by atoms with van der Waals surface area (Å²) >= 11 is 1.53. The largest absolute Gasteiger partial charge is 0.482 e. The molecule has 0 saturated carbocycles. The van der Waals surface area contributed by atoms with E-state index >= 15 is 0 Å². The fourth-order valence-corrected chi connectivity index (χ4v) is 3.99. The van der Waals surface area contributed by atoms with Gasteiger partial charge in [0.25, 0.3) is 5.91 Å². The zero-order valence-electron chi connectivity index (χ0n) is 15.5. The third kappa shape index (κ3) is 3.89. The average Bonchev–Trinajstić information content (AvgIpc) is 3.02. The van der Waals surface area contributed by atoms with Crippen molar-refractivity contribution >= 4 is 34.5 Å². The third-order valence-electron chi connectivity index (χ3n) is 4.35. The van der Waals surface area contributed by atoms with Crippen molar-refractivity contribution in [2.45, 2.75) is 20.3 Å². The van der Waals surface area contributed by atoms with Crippen molar-refractivity contribution in [1.82, 2.24) is 4.98 Å². The topological polar surface area (TPSA) is 80.3 Å². The number of fused-ring (bicyclic) bond motifs is 1. The van der Waals surface area contributed by atoms with Crippen molar-refractivity contribution in [2.75, 3.05) is 17.2 Å². The molecular formula is C21H19N3O3S. The molecule has 142 valence electrons. The number of aromatic nitrogens is 1. The fraction of sp³-hybridized carbons (Fsp3) is 0.190. The lowest BCUT2D eigenvalue weighted by atomic mass is 10.1. The van der Waals surface area contributed by atoms with Crippen LogP contribution in [0.2, 0.25) is 0 Å². The van der Waals surface area contributed by atoms with E-state index in [1.165, 1.54) is 16.9 Å². The van der Waals surface area contributed by atoms with Gasteiger partial charge in [-0.2, -0.15) is 0 Å². The van der Waals surface area contributed by atoms with Gasteiger partial charge in [0.2, 0.25) is 5.91 Å². The standard InChI is InChI=1S/C21H19N3O3S/c1-12-3-5-14(6-4-12)21-18(28-13(2)22-21)10-19(25)23-15-7-8-17-16(9-15)24-20(26)11-27-17/h3-9H,10-11H2,1-2H3,(H,23,25)(H,24,26). The van der Waals surface area contributed by atoms with E-state index in [1.807, 2.05) is 38.1 Å². The predicted octanol–water partition coefficient (Wildman–Crippen LogP) is 3.94. The van der Waals surface area contributed by atoms with E-state index in [0.29, 0.717) is 17.1 Å². The summed E-state index contributed by atoms with van der Waals surface area (Å²) in [7, 11) is 0. The Balaban J connectivity index is 1.51. The Morgan fingerprint density at radius 3 is 2.79 bits per heavy atom. The van der Waals surface area contributed by atoms with Crippen molar-refractivity contribution in [1.29, 1.82) is 0 Å². The minimum atomic E-state index is -0.209. The van der Waals surface area contributed by atoms with Gasteiger partial charge in [0.05, 0.1) is 22.8 Å². The van der Waals surface area contributed by atoms with E-state index in [1.54, 1.807) is 18.2 Å². The van der Waals surface area contributed by atoms with Crippen LogP contribution in [0.1, 0.15) is 15.4 Å². The molecule has 0 fully saturated rings. The van der Waals surface area contributed by atoms with Gasteiger partial charge in [0.1, 0.15) is 5.75 Å². The molecule has 2 aromatic carbocycles. The van der Waals surface area contributed by atoms with Gasteiger partial charge in [-0.25, -0.2) is 4.98 Å². The molecule has 2 heterocycles. The van der Waals surface area contributed by atoms with E-state index in [4.69, 9.17) is 4.74 Å². The molecule has 2 amide bonds. The van der Waals surface area contributed by atoms with E-state index in [0.717, 1.165) is 21.1 Å². The summed E-state index contributed by atoms with van der Waals surface area (Å²) in [6.07, 6.45) is 0.231. The average molecular weight is 393 g/mol. The Bertz CT molecular complexity index is 1060. The van der Waals surface area contributed by atoms with Crippen molar-refractivity contribution in [3.63, 3.8) is 0 Å². The molecule has 0 bridgehead atoms. The van der Waals surface area contributed by atoms with Crippen LogP contribution in [0.3, 0.4) is 0 Å². The highest BCUT2D eigenvalue weighted by molar-refractivity contribution is 7.12. The normalized spacial score (nSPS) is 12.7. The van der Waals surface area contributed by atoms with E-state index in [2.05, 4.69) is 15.6 Å². The fourth-order valence-electron chi connectivity index (χ4n) is 3.04. The highest BCUT2D eigenvalue weighted by Crippen LogP contribution is 2.31. The summed E-state index contributed by atoms with van der Waals surface area (Å²) in [6, 6.07) is 13.3. The van der Waals surface area contributed by atoms with Crippen LogP contribution in [-0.4, -0.2) is 23.4 Å². The van der Waals surface area contributed by atoms with Crippen LogP contribution in [0.4, 0.5) is 11.4 Å². The molecule has 1 aliphatic rings. The number of hydrogen-bond donors (Lipinski definition) is 2. The van der Waals surface area contributed by atoms with Gasteiger partial charge < -0.3 is 15.4 Å². The summed E-state index contributed by atoms with van der Waals surface area (Å²) in [5.74, 6) is 0.246. The van der Waals surface area contributed by atoms with Crippen LogP contribution < -0.4 is 15.4 Å². The van der Waals surface area contributed by atoms with Gasteiger partial charge in [0.15, 0.2) is 6.61 Å². The molecule has 6 nitrogen and oxygen atoms in total. The highest BCUT2D eigenvalue weighted by Gasteiger charge is 2.18. The van der Waals surface area contributed by atoms with Crippen LogP contribution in [0, 0.1) is 13.8 Å². The molecule has 0 atom stereocenters. The number of benzene rings is 2. The van der Waals surface area contributed by atoms with Crippen LogP contribution in [0.15, 0.2) is 42.5 Å². The molecule has 3 aromatic rings. The number of carbonyl (C=O) groups excluding carboxylic acids is 2. The molecule has 28 heavy (non-hydrogen) atoms. The molecule has 0 aliphatic carbocycles. The molecule has 0 radical (unpaired) electrons. The number of hydrogen-bond acceptors (Lipinski definition) is 5. The number of nitrogens with one attached hydrogen (secondary N) is 2. The third-order valence-corrected chi connectivity index (χ3v) is 5.32. The molecule has 0 unspecified atom stereocenters. The second kappa shape index (κ2) is 7.44. The van der Waals surface area contributed by atoms with Gasteiger partial charge in [-0.05, 0) is 32.0 Å². The van der Waals surface area contributed by atoms with E-state index in [9.17, 15) is 9.59 Å². The lowest BCUT2D eigenvalue weighted by Crippen LogP contribution is -2.25. The molecule has 0 spiro atoms. The molecule has 1 aliphatic heterocycles. The van der Waals surface area contributed by atoms with Crippen LogP contribution in [0.5, 0.6) is 5.75 Å². The van der Waals surface area contributed by atoms with E-state index in [-0.39, 0.29) is 24.8 Å². The van der Waals surface area contributed by atoms with Crippen LogP contribution in [0.25, 0.3) is 11.3 Å². The quantitative estimate of drug-likeness (QED) is 0.704. The highest BCUT2D eigenvalue weighted by atomic mass is 32.1. The second-order valence-corrected chi connectivity index (χ2v) is 7.93. The van der Waals surface area contributed by atoms with Gasteiger partial charge in [-0.3, -0.25) is 9.59 Å². The van der Waals surface area contributed by atoms with Crippen molar-refractivity contribution in [3.8, 4) is 17.0 Å². The lowest BCUT2D eigenvalue weighted by molar-refractivity contribution is -0.118. The number of amides is 2. The monoisotopic (exact) mass is 393 g/mol. The number of rotatable bonds is 4. The van der Waals surface area contributed by atoms with Crippen molar-refractivity contribution in [3.05, 3.63) is 57.9 Å². The second-order valence-electron chi connectivity index (χ2n) is 6.64. The maximum Gasteiger partial charge on any atom is 0.262 e. The maximum atomic E-state index is 12.6. The number of ether oxygens (including phenoxy) is 1. The summed E-state index contributed by atoms with van der Waals surface area (Å²) in [5.41, 5.74) is 4.20. The smallest absolute Gasteiger partial charge is 0.262 e.